The number of hydrogen-bond donors (Lipinski definition) is 0. The second-order valence-electron chi connectivity index (χ2n) is 3.16. The second kappa shape index (κ2) is 4.15. The van der Waals surface area contributed by atoms with Crippen molar-refractivity contribution in [3.63, 3.8) is 0 Å². The van der Waals surface area contributed by atoms with Crippen LogP contribution in [0.2, 0.25) is 0 Å². The molecule has 0 fully saturated rings. The van der Waals surface area contributed by atoms with Crippen LogP contribution in [0.3, 0.4) is 0 Å². The molecule has 1 aromatic carbocycles. The molecule has 0 aliphatic rings. The van der Waals surface area contributed by atoms with Gasteiger partial charge in [-0.25, -0.2) is 4.39 Å². The fourth-order valence-electron chi connectivity index (χ4n) is 1.17. The van der Waals surface area contributed by atoms with Crippen molar-refractivity contribution in [2.45, 2.75) is 18.0 Å². The molecule has 17 heavy (non-hydrogen) atoms. The maximum atomic E-state index is 13.4. The summed E-state index contributed by atoms with van der Waals surface area (Å²) in [6, 6.07) is 2.68. The highest BCUT2D eigenvalue weighted by Gasteiger charge is 2.73. The average Bonchev–Trinajstić information content (AvgIpc) is 2.14. The van der Waals surface area contributed by atoms with E-state index in [2.05, 4.69) is 15.9 Å². The van der Waals surface area contributed by atoms with E-state index in [0.29, 0.717) is 12.1 Å². The maximum absolute atomic E-state index is 13.4. The molecule has 0 amide bonds. The van der Waals surface area contributed by atoms with E-state index in [9.17, 15) is 30.7 Å². The van der Waals surface area contributed by atoms with E-state index >= 15 is 0 Å². The summed E-state index contributed by atoms with van der Waals surface area (Å²) >= 11 is 2.83. The minimum absolute atomic E-state index is 0.243. The van der Waals surface area contributed by atoms with Gasteiger partial charge in [0.25, 0.3) is 0 Å². The molecule has 0 saturated heterocycles. The highest BCUT2D eigenvalue weighted by molar-refractivity contribution is 9.10. The average molecular weight is 325 g/mol. The zero-order chi connectivity index (χ0) is 13.5. The Morgan fingerprint density at radius 1 is 0.706 bits per heavy atom. The normalized spacial score (nSPS) is 13.9. The Kier molecular flexibility index (Phi) is 3.48. The van der Waals surface area contributed by atoms with E-state index < -0.39 is 23.6 Å². The number of rotatable bonds is 1. The van der Waals surface area contributed by atoms with Crippen LogP contribution in [0.5, 0.6) is 0 Å². The Balaban J connectivity index is 3.41. The molecule has 0 spiro atoms. The SMILES string of the molecule is FC(F)(F)C(F)(c1ccc(Br)cc1)C(F)(F)F. The van der Waals surface area contributed by atoms with Gasteiger partial charge in [-0.15, -0.1) is 0 Å². The van der Waals surface area contributed by atoms with Crippen LogP contribution in [0.1, 0.15) is 5.56 Å². The maximum Gasteiger partial charge on any atom is 0.435 e. The smallest absolute Gasteiger partial charge is 0.218 e. The summed E-state index contributed by atoms with van der Waals surface area (Å²) < 4.78 is 87.3. The van der Waals surface area contributed by atoms with E-state index in [-0.39, 0.29) is 4.47 Å². The second-order valence-corrected chi connectivity index (χ2v) is 4.08. The molecule has 1 aromatic rings. The molecule has 0 bridgehead atoms. The molecule has 0 unspecified atom stereocenters. The minimum atomic E-state index is -6.07. The summed E-state index contributed by atoms with van der Waals surface area (Å²) in [5, 5.41) is 0. The highest BCUT2D eigenvalue weighted by Crippen LogP contribution is 2.53. The Morgan fingerprint density at radius 3 is 1.35 bits per heavy atom. The van der Waals surface area contributed by atoms with Crippen LogP contribution in [0, 0.1) is 0 Å². The molecular weight excluding hydrogens is 321 g/mol. The lowest BCUT2D eigenvalue weighted by molar-refractivity contribution is -0.348. The van der Waals surface area contributed by atoms with Crippen molar-refractivity contribution in [2.75, 3.05) is 0 Å². The number of hydrogen-bond acceptors (Lipinski definition) is 0. The Morgan fingerprint density at radius 2 is 1.06 bits per heavy atom. The van der Waals surface area contributed by atoms with Crippen molar-refractivity contribution >= 4 is 15.9 Å². The van der Waals surface area contributed by atoms with E-state index in [1.54, 1.807) is 0 Å². The first-order valence-electron chi connectivity index (χ1n) is 4.08. The van der Waals surface area contributed by atoms with Crippen LogP contribution >= 0.6 is 15.9 Å². The Bertz CT molecular complexity index is 375. The lowest BCUT2D eigenvalue weighted by Crippen LogP contribution is -2.50. The van der Waals surface area contributed by atoms with Crippen molar-refractivity contribution < 1.29 is 30.7 Å². The molecular formula is C9H4BrF7. The molecule has 0 heterocycles. The lowest BCUT2D eigenvalue weighted by atomic mass is 9.94. The van der Waals surface area contributed by atoms with Gasteiger partial charge in [0.05, 0.1) is 0 Å². The standard InChI is InChI=1S/C9H4BrF7/c10-6-3-1-5(2-4-6)7(11,8(12,13)14)9(15,16)17/h1-4H. The third-order valence-electron chi connectivity index (χ3n) is 2.02. The first-order chi connectivity index (χ1) is 7.50. The fourth-order valence-corrected chi connectivity index (χ4v) is 1.43. The van der Waals surface area contributed by atoms with Gasteiger partial charge in [-0.05, 0) is 12.1 Å². The molecule has 0 aliphatic heterocycles. The van der Waals surface area contributed by atoms with E-state index in [1.807, 2.05) is 0 Å². The number of benzene rings is 1. The molecule has 0 N–H and O–H groups in total. The van der Waals surface area contributed by atoms with Gasteiger partial charge in [0.2, 0.25) is 0 Å². The van der Waals surface area contributed by atoms with Gasteiger partial charge in [0, 0.05) is 10.0 Å². The van der Waals surface area contributed by atoms with Gasteiger partial charge in [0.15, 0.2) is 0 Å². The van der Waals surface area contributed by atoms with E-state index in [0.717, 1.165) is 12.1 Å². The zero-order valence-corrected chi connectivity index (χ0v) is 9.42. The van der Waals surface area contributed by atoms with Gasteiger partial charge in [-0.3, -0.25) is 0 Å². The topological polar surface area (TPSA) is 0 Å². The summed E-state index contributed by atoms with van der Waals surface area (Å²) in [5.41, 5.74) is -6.86. The molecule has 0 aromatic heterocycles. The van der Waals surface area contributed by atoms with Crippen LogP contribution < -0.4 is 0 Å². The van der Waals surface area contributed by atoms with Gasteiger partial charge in [0.1, 0.15) is 0 Å². The largest absolute Gasteiger partial charge is 0.435 e. The number of halogens is 8. The predicted molar refractivity (Wildman–Crippen MR) is 49.0 cm³/mol. The summed E-state index contributed by atoms with van der Waals surface area (Å²) in [4.78, 5) is 0. The van der Waals surface area contributed by atoms with Gasteiger partial charge in [-0.2, -0.15) is 26.3 Å². The first kappa shape index (κ1) is 14.3. The quantitative estimate of drug-likeness (QED) is 0.655. The summed E-state index contributed by atoms with van der Waals surface area (Å²) in [5.74, 6) is 0. The third-order valence-corrected chi connectivity index (χ3v) is 2.55. The third kappa shape index (κ3) is 2.41. The van der Waals surface area contributed by atoms with Crippen LogP contribution in [0.15, 0.2) is 28.7 Å². The predicted octanol–water partition coefficient (Wildman–Crippen LogP) is 4.74. The minimum Gasteiger partial charge on any atom is -0.218 e. The fraction of sp³-hybridized carbons (Fsp3) is 0.333. The van der Waals surface area contributed by atoms with Crippen LogP contribution in [-0.2, 0) is 5.67 Å². The highest BCUT2D eigenvalue weighted by atomic mass is 79.9. The van der Waals surface area contributed by atoms with Crippen LogP contribution in [-0.4, -0.2) is 12.4 Å². The van der Waals surface area contributed by atoms with Crippen molar-refractivity contribution in [2.24, 2.45) is 0 Å². The number of alkyl halides is 7. The molecule has 1 rings (SSSR count). The molecule has 0 radical (unpaired) electrons. The molecule has 96 valence electrons. The molecule has 0 saturated carbocycles. The lowest BCUT2D eigenvalue weighted by Gasteiger charge is -2.30. The Labute approximate surface area is 99.6 Å². The van der Waals surface area contributed by atoms with Crippen LogP contribution in [0.4, 0.5) is 30.7 Å². The Hall–Kier alpha value is -0.790. The molecule has 0 atom stereocenters. The zero-order valence-electron chi connectivity index (χ0n) is 7.83. The monoisotopic (exact) mass is 324 g/mol. The van der Waals surface area contributed by atoms with Crippen molar-refractivity contribution in [1.82, 2.24) is 0 Å². The molecule has 0 nitrogen and oxygen atoms in total. The van der Waals surface area contributed by atoms with Gasteiger partial charge >= 0.3 is 18.0 Å². The molecule has 0 aliphatic carbocycles. The summed E-state index contributed by atoms with van der Waals surface area (Å²) in [7, 11) is 0. The van der Waals surface area contributed by atoms with Crippen LogP contribution in [0.25, 0.3) is 0 Å². The van der Waals surface area contributed by atoms with Crippen molar-refractivity contribution in [1.29, 1.82) is 0 Å². The van der Waals surface area contributed by atoms with Gasteiger partial charge < -0.3 is 0 Å². The van der Waals surface area contributed by atoms with Crippen molar-refractivity contribution in [3.8, 4) is 0 Å². The van der Waals surface area contributed by atoms with Gasteiger partial charge in [-0.1, -0.05) is 28.1 Å². The van der Waals surface area contributed by atoms with E-state index in [4.69, 9.17) is 0 Å². The summed E-state index contributed by atoms with van der Waals surface area (Å²) in [6.45, 7) is 0. The van der Waals surface area contributed by atoms with E-state index in [1.165, 1.54) is 0 Å². The molecule has 8 heteroatoms. The summed E-state index contributed by atoms with van der Waals surface area (Å²) in [6.07, 6.45) is -12.1. The van der Waals surface area contributed by atoms with Crippen molar-refractivity contribution in [3.05, 3.63) is 34.3 Å². The first-order valence-corrected chi connectivity index (χ1v) is 4.88.